The molecule has 6 heteroatoms. The number of aromatic nitrogens is 1. The number of aryl methyl sites for hydroxylation is 1. The van der Waals surface area contributed by atoms with Crippen molar-refractivity contribution in [3.63, 3.8) is 0 Å². The Morgan fingerprint density at radius 1 is 1.20 bits per heavy atom. The highest BCUT2D eigenvalue weighted by molar-refractivity contribution is 7.13. The predicted octanol–water partition coefficient (Wildman–Crippen LogP) is 4.03. The van der Waals surface area contributed by atoms with Crippen LogP contribution < -0.4 is 15.8 Å². The van der Waals surface area contributed by atoms with Crippen LogP contribution in [-0.2, 0) is 4.79 Å². The number of benzene rings is 2. The smallest absolute Gasteiger partial charge is 0.262 e. The van der Waals surface area contributed by atoms with Gasteiger partial charge >= 0.3 is 0 Å². The van der Waals surface area contributed by atoms with Crippen molar-refractivity contribution in [2.24, 2.45) is 0 Å². The number of amides is 1. The zero-order chi connectivity index (χ0) is 17.8. The molecular formula is C19H19N3O2S. The minimum atomic E-state index is -0.207. The van der Waals surface area contributed by atoms with Crippen LogP contribution in [0.5, 0.6) is 5.75 Å². The molecule has 0 unspecified atom stereocenters. The number of thiazole rings is 1. The van der Waals surface area contributed by atoms with Gasteiger partial charge in [-0.15, -0.1) is 11.3 Å². The molecule has 0 radical (unpaired) electrons. The van der Waals surface area contributed by atoms with Crippen LogP contribution in [0.4, 0.5) is 10.8 Å². The van der Waals surface area contributed by atoms with E-state index in [9.17, 15) is 4.79 Å². The van der Waals surface area contributed by atoms with Gasteiger partial charge in [-0.25, -0.2) is 4.98 Å². The molecule has 0 aliphatic rings. The number of nitrogens with one attached hydrogen (secondary N) is 1. The molecule has 3 N–H and O–H groups in total. The van der Waals surface area contributed by atoms with Crippen LogP contribution in [0.1, 0.15) is 11.1 Å². The average molecular weight is 353 g/mol. The van der Waals surface area contributed by atoms with Crippen LogP contribution in [0.15, 0.2) is 47.8 Å². The number of ether oxygens (including phenoxy) is 1. The molecule has 3 aromatic rings. The highest BCUT2D eigenvalue weighted by atomic mass is 32.1. The number of carbonyl (C=O) groups is 1. The van der Waals surface area contributed by atoms with Gasteiger partial charge in [0.05, 0.1) is 5.69 Å². The van der Waals surface area contributed by atoms with Gasteiger partial charge in [-0.2, -0.15) is 0 Å². The molecular weight excluding hydrogens is 334 g/mol. The molecule has 0 fully saturated rings. The molecule has 128 valence electrons. The third-order valence-electron chi connectivity index (χ3n) is 3.92. The number of para-hydroxylation sites is 1. The molecule has 0 atom stereocenters. The standard InChI is InChI=1S/C19H19N3O2S/c1-12-6-5-8-15(13(12)2)21-18(23)10-24-17-9-4-3-7-14(17)16-11-25-19(20)22-16/h3-9,11H,10H2,1-2H3,(H2,20,22)(H,21,23). The molecule has 0 aliphatic heterocycles. The minimum Gasteiger partial charge on any atom is -0.483 e. The third-order valence-corrected chi connectivity index (χ3v) is 4.60. The van der Waals surface area contributed by atoms with Crippen LogP contribution in [0.3, 0.4) is 0 Å². The van der Waals surface area contributed by atoms with Crippen molar-refractivity contribution >= 4 is 28.1 Å². The molecule has 1 aromatic heterocycles. The molecule has 0 saturated carbocycles. The topological polar surface area (TPSA) is 77.2 Å². The molecule has 0 aliphatic carbocycles. The summed E-state index contributed by atoms with van der Waals surface area (Å²) in [5.74, 6) is 0.394. The zero-order valence-corrected chi connectivity index (χ0v) is 14.9. The lowest BCUT2D eigenvalue weighted by atomic mass is 10.1. The summed E-state index contributed by atoms with van der Waals surface area (Å²) < 4.78 is 5.72. The van der Waals surface area contributed by atoms with Crippen LogP contribution >= 0.6 is 11.3 Å². The largest absolute Gasteiger partial charge is 0.483 e. The quantitative estimate of drug-likeness (QED) is 0.726. The second kappa shape index (κ2) is 7.36. The second-order valence-corrected chi connectivity index (χ2v) is 6.54. The second-order valence-electron chi connectivity index (χ2n) is 5.65. The maximum absolute atomic E-state index is 12.2. The number of carbonyl (C=O) groups excluding carboxylic acids is 1. The van der Waals surface area contributed by atoms with Crippen molar-refractivity contribution in [1.29, 1.82) is 0 Å². The lowest BCUT2D eigenvalue weighted by molar-refractivity contribution is -0.118. The van der Waals surface area contributed by atoms with E-state index >= 15 is 0 Å². The van der Waals surface area contributed by atoms with Crippen LogP contribution in [0.2, 0.25) is 0 Å². The Morgan fingerprint density at radius 3 is 2.76 bits per heavy atom. The first kappa shape index (κ1) is 17.0. The summed E-state index contributed by atoms with van der Waals surface area (Å²) in [5.41, 5.74) is 10.2. The van der Waals surface area contributed by atoms with Crippen molar-refractivity contribution in [2.45, 2.75) is 13.8 Å². The van der Waals surface area contributed by atoms with E-state index in [0.29, 0.717) is 10.9 Å². The van der Waals surface area contributed by atoms with E-state index < -0.39 is 0 Å². The van der Waals surface area contributed by atoms with E-state index in [1.54, 1.807) is 0 Å². The molecule has 2 aromatic carbocycles. The molecule has 3 rings (SSSR count). The first-order valence-electron chi connectivity index (χ1n) is 7.84. The lowest BCUT2D eigenvalue weighted by Gasteiger charge is -2.12. The fourth-order valence-electron chi connectivity index (χ4n) is 2.43. The van der Waals surface area contributed by atoms with Gasteiger partial charge in [0.1, 0.15) is 5.75 Å². The van der Waals surface area contributed by atoms with E-state index in [1.807, 2.05) is 61.7 Å². The maximum Gasteiger partial charge on any atom is 0.262 e. The van der Waals surface area contributed by atoms with Gasteiger partial charge in [-0.3, -0.25) is 4.79 Å². The Bertz CT molecular complexity index is 905. The van der Waals surface area contributed by atoms with Crippen LogP contribution in [0.25, 0.3) is 11.3 Å². The maximum atomic E-state index is 12.2. The monoisotopic (exact) mass is 353 g/mol. The summed E-state index contributed by atoms with van der Waals surface area (Å²) in [6.07, 6.45) is 0. The van der Waals surface area contributed by atoms with Gasteiger partial charge in [0.2, 0.25) is 0 Å². The molecule has 0 saturated heterocycles. The predicted molar refractivity (Wildman–Crippen MR) is 102 cm³/mol. The van der Waals surface area contributed by atoms with Gasteiger partial charge < -0.3 is 15.8 Å². The lowest BCUT2D eigenvalue weighted by Crippen LogP contribution is -2.21. The Hall–Kier alpha value is -2.86. The Kier molecular flexibility index (Phi) is 5.00. The first-order chi connectivity index (χ1) is 12.0. The van der Waals surface area contributed by atoms with Crippen molar-refractivity contribution in [3.05, 3.63) is 59.0 Å². The van der Waals surface area contributed by atoms with Crippen molar-refractivity contribution in [2.75, 3.05) is 17.7 Å². The summed E-state index contributed by atoms with van der Waals surface area (Å²) in [7, 11) is 0. The summed E-state index contributed by atoms with van der Waals surface area (Å²) in [6.45, 7) is 3.91. The van der Waals surface area contributed by atoms with Gasteiger partial charge in [0.25, 0.3) is 5.91 Å². The molecule has 1 amide bonds. The SMILES string of the molecule is Cc1cccc(NC(=O)COc2ccccc2-c2csc(N)n2)c1C. The molecule has 25 heavy (non-hydrogen) atoms. The number of hydrogen-bond acceptors (Lipinski definition) is 5. The van der Waals surface area contributed by atoms with Crippen LogP contribution in [0, 0.1) is 13.8 Å². The van der Waals surface area contributed by atoms with E-state index in [0.717, 1.165) is 28.1 Å². The summed E-state index contributed by atoms with van der Waals surface area (Å²) in [5, 5.41) is 5.25. The molecule has 5 nitrogen and oxygen atoms in total. The van der Waals surface area contributed by atoms with Crippen molar-refractivity contribution in [1.82, 2.24) is 4.98 Å². The van der Waals surface area contributed by atoms with E-state index in [-0.39, 0.29) is 12.5 Å². The Balaban J connectivity index is 1.70. The normalized spacial score (nSPS) is 10.5. The number of nitrogens with zero attached hydrogens (tertiary/aromatic N) is 1. The van der Waals surface area contributed by atoms with Gasteiger partial charge in [0.15, 0.2) is 11.7 Å². The first-order valence-corrected chi connectivity index (χ1v) is 8.72. The van der Waals surface area contributed by atoms with Crippen molar-refractivity contribution < 1.29 is 9.53 Å². The summed E-state index contributed by atoms with van der Waals surface area (Å²) in [6, 6.07) is 13.3. The van der Waals surface area contributed by atoms with Crippen molar-refractivity contribution in [3.8, 4) is 17.0 Å². The minimum absolute atomic E-state index is 0.0794. The van der Waals surface area contributed by atoms with E-state index in [4.69, 9.17) is 10.5 Å². The third kappa shape index (κ3) is 3.97. The summed E-state index contributed by atoms with van der Waals surface area (Å²) >= 11 is 1.37. The van der Waals surface area contributed by atoms with Gasteiger partial charge in [0, 0.05) is 16.6 Å². The fourth-order valence-corrected chi connectivity index (χ4v) is 2.99. The van der Waals surface area contributed by atoms with E-state index in [2.05, 4.69) is 10.3 Å². The zero-order valence-electron chi connectivity index (χ0n) is 14.1. The molecule has 1 heterocycles. The molecule has 0 bridgehead atoms. The fraction of sp³-hybridized carbons (Fsp3) is 0.158. The number of rotatable bonds is 5. The molecule has 0 spiro atoms. The summed E-state index contributed by atoms with van der Waals surface area (Å²) in [4.78, 5) is 16.5. The number of nitrogen functional groups attached to an aromatic ring is 1. The Labute approximate surface area is 150 Å². The van der Waals surface area contributed by atoms with Crippen LogP contribution in [-0.4, -0.2) is 17.5 Å². The average Bonchev–Trinajstić information content (AvgIpc) is 3.04. The number of hydrogen-bond donors (Lipinski definition) is 2. The Morgan fingerprint density at radius 2 is 2.00 bits per heavy atom. The number of anilines is 2. The highest BCUT2D eigenvalue weighted by Gasteiger charge is 2.12. The van der Waals surface area contributed by atoms with Gasteiger partial charge in [-0.1, -0.05) is 24.3 Å². The highest BCUT2D eigenvalue weighted by Crippen LogP contribution is 2.31. The van der Waals surface area contributed by atoms with Gasteiger partial charge in [-0.05, 0) is 43.2 Å². The number of nitrogens with two attached hydrogens (primary N) is 1. The van der Waals surface area contributed by atoms with E-state index in [1.165, 1.54) is 11.3 Å².